The fourth-order valence-corrected chi connectivity index (χ4v) is 5.83. The second-order valence-corrected chi connectivity index (χ2v) is 11.2. The maximum absolute atomic E-state index is 13.1. The molecule has 0 saturated carbocycles. The molecule has 0 bridgehead atoms. The van der Waals surface area contributed by atoms with E-state index in [1.54, 1.807) is 44.6 Å². The normalized spacial score (nSPS) is 19.1. The van der Waals surface area contributed by atoms with E-state index in [9.17, 15) is 19.8 Å². The summed E-state index contributed by atoms with van der Waals surface area (Å²) in [6.07, 6.45) is -3.83. The van der Waals surface area contributed by atoms with Crippen molar-refractivity contribution in [3.8, 4) is 11.5 Å². The summed E-state index contributed by atoms with van der Waals surface area (Å²) in [7, 11) is 3.18. The van der Waals surface area contributed by atoms with Gasteiger partial charge in [-0.1, -0.05) is 72.8 Å². The van der Waals surface area contributed by atoms with E-state index in [0.29, 0.717) is 17.1 Å². The lowest BCUT2D eigenvalue weighted by Crippen LogP contribution is -2.39. The second kappa shape index (κ2) is 14.2. The number of nitrogens with zero attached hydrogens (tertiary/aromatic N) is 2. The Kier molecular flexibility index (Phi) is 9.65. The van der Waals surface area contributed by atoms with Crippen molar-refractivity contribution in [2.45, 2.75) is 30.1 Å². The van der Waals surface area contributed by atoms with Gasteiger partial charge in [0.05, 0.1) is 20.8 Å². The van der Waals surface area contributed by atoms with Crippen LogP contribution in [0.25, 0.3) is 0 Å². The molecular weight excluding hydrogens is 614 g/mol. The zero-order chi connectivity index (χ0) is 33.7. The lowest BCUT2D eigenvalue weighted by molar-refractivity contribution is -0.0958. The Morgan fingerprint density at radius 3 is 1.88 bits per heavy atom. The molecule has 1 aliphatic heterocycles. The monoisotopic (exact) mass is 649 g/mol. The third-order valence-electron chi connectivity index (χ3n) is 8.36. The van der Waals surface area contributed by atoms with Gasteiger partial charge in [-0.3, -0.25) is 9.36 Å². The maximum atomic E-state index is 13.1. The fraction of sp³-hybridized carbons (Fsp3) is 0.216. The van der Waals surface area contributed by atoms with Crippen LogP contribution in [0.2, 0.25) is 0 Å². The molecule has 1 fully saturated rings. The van der Waals surface area contributed by atoms with E-state index in [-0.39, 0.29) is 12.4 Å². The molecule has 0 spiro atoms. The van der Waals surface area contributed by atoms with Crippen molar-refractivity contribution in [1.29, 1.82) is 0 Å². The van der Waals surface area contributed by atoms with Gasteiger partial charge in [0.2, 0.25) is 0 Å². The van der Waals surface area contributed by atoms with Crippen LogP contribution >= 0.6 is 0 Å². The Morgan fingerprint density at radius 1 is 0.792 bits per heavy atom. The van der Waals surface area contributed by atoms with Gasteiger partial charge < -0.3 is 34.5 Å². The molecule has 1 aromatic heterocycles. The van der Waals surface area contributed by atoms with E-state index >= 15 is 0 Å². The van der Waals surface area contributed by atoms with E-state index in [4.69, 9.17) is 18.9 Å². The number of rotatable bonds is 11. The minimum atomic E-state index is -1.48. The van der Waals surface area contributed by atoms with Crippen molar-refractivity contribution in [1.82, 2.24) is 9.55 Å². The van der Waals surface area contributed by atoms with Gasteiger partial charge in [-0.2, -0.15) is 4.98 Å². The highest BCUT2D eigenvalue weighted by Gasteiger charge is 2.46. The topological polar surface area (TPSA) is 141 Å². The average Bonchev–Trinajstić information content (AvgIpc) is 3.42. The largest absolute Gasteiger partial charge is 0.497 e. The SMILES string of the molecule is COc1ccc(C(OC[C@H]2O[C@@H](n3ccc(NC(=O)c4ccccc4)nc3=O)C(O)C2O)(c2ccccc2)c2ccc(OC)cc2)cc1. The van der Waals surface area contributed by atoms with E-state index < -0.39 is 41.7 Å². The summed E-state index contributed by atoms with van der Waals surface area (Å²) in [5, 5.41) is 24.8. The Bertz CT molecular complexity index is 1840. The summed E-state index contributed by atoms with van der Waals surface area (Å²) in [6, 6.07) is 34.5. The molecule has 5 aromatic rings. The smallest absolute Gasteiger partial charge is 0.351 e. The molecule has 2 heterocycles. The van der Waals surface area contributed by atoms with Crippen molar-refractivity contribution in [3.63, 3.8) is 0 Å². The zero-order valence-electron chi connectivity index (χ0n) is 26.3. The Labute approximate surface area is 277 Å². The van der Waals surface area contributed by atoms with Gasteiger partial charge >= 0.3 is 5.69 Å². The predicted molar refractivity (Wildman–Crippen MR) is 177 cm³/mol. The number of hydrogen-bond donors (Lipinski definition) is 3. The third kappa shape index (κ3) is 6.44. The van der Waals surface area contributed by atoms with Crippen LogP contribution in [0.1, 0.15) is 33.3 Å². The van der Waals surface area contributed by atoms with Crippen LogP contribution in [-0.2, 0) is 15.1 Å². The van der Waals surface area contributed by atoms with Crippen molar-refractivity contribution >= 4 is 11.7 Å². The Balaban J connectivity index is 1.29. The number of hydrogen-bond acceptors (Lipinski definition) is 9. The van der Waals surface area contributed by atoms with Crippen LogP contribution in [-0.4, -0.2) is 64.8 Å². The number of carbonyl (C=O) groups is 1. The fourth-order valence-electron chi connectivity index (χ4n) is 5.83. The standard InChI is InChI=1S/C37H35N3O8/c1-45-28-17-13-26(14-18-28)37(25-11-7-4-8-12-25,27-15-19-29(46-2)20-16-27)47-23-30-32(41)33(42)35(48-30)40-22-21-31(39-36(40)44)38-34(43)24-9-5-3-6-10-24/h3-22,30,32-33,35,41-42H,23H2,1-2H3,(H,38,39,43,44)/t30-,32?,33?,35-/m1/s1. The lowest BCUT2D eigenvalue weighted by Gasteiger charge is -2.37. The summed E-state index contributed by atoms with van der Waals surface area (Å²) in [5.41, 5.74) is 0.783. The van der Waals surface area contributed by atoms with Gasteiger partial charge in [-0.05, 0) is 59.2 Å². The third-order valence-corrected chi connectivity index (χ3v) is 8.36. The summed E-state index contributed by atoms with van der Waals surface area (Å²) in [4.78, 5) is 29.6. The van der Waals surface area contributed by atoms with Crippen molar-refractivity contribution in [3.05, 3.63) is 154 Å². The van der Waals surface area contributed by atoms with E-state index in [0.717, 1.165) is 21.3 Å². The molecule has 0 radical (unpaired) electrons. The molecule has 246 valence electrons. The number of anilines is 1. The van der Waals surface area contributed by atoms with Crippen molar-refractivity contribution < 1.29 is 34.0 Å². The number of carbonyl (C=O) groups excluding carboxylic acids is 1. The molecule has 2 unspecified atom stereocenters. The highest BCUT2D eigenvalue weighted by Crippen LogP contribution is 2.42. The van der Waals surface area contributed by atoms with Crippen molar-refractivity contribution in [2.24, 2.45) is 0 Å². The van der Waals surface area contributed by atoms with E-state index in [1.807, 2.05) is 78.9 Å². The van der Waals surface area contributed by atoms with Gasteiger partial charge in [0.25, 0.3) is 5.91 Å². The number of aliphatic hydroxyl groups is 2. The number of amides is 1. The molecule has 1 saturated heterocycles. The first-order chi connectivity index (χ1) is 23.3. The highest BCUT2D eigenvalue weighted by atomic mass is 16.6. The number of methoxy groups -OCH3 is 2. The van der Waals surface area contributed by atoms with E-state index in [2.05, 4.69) is 10.3 Å². The Morgan fingerprint density at radius 2 is 1.33 bits per heavy atom. The van der Waals surface area contributed by atoms with Gasteiger partial charge in [-0.15, -0.1) is 0 Å². The van der Waals surface area contributed by atoms with Crippen LogP contribution in [0, 0.1) is 0 Å². The number of ether oxygens (including phenoxy) is 4. The summed E-state index contributed by atoms with van der Waals surface area (Å²) >= 11 is 0. The summed E-state index contributed by atoms with van der Waals surface area (Å²) < 4.78 is 24.8. The molecule has 4 aromatic carbocycles. The number of aromatic nitrogens is 2. The van der Waals surface area contributed by atoms with Gasteiger partial charge in [0, 0.05) is 11.8 Å². The van der Waals surface area contributed by atoms with Crippen LogP contribution in [0.3, 0.4) is 0 Å². The average molecular weight is 650 g/mol. The highest BCUT2D eigenvalue weighted by molar-refractivity contribution is 6.03. The molecule has 6 rings (SSSR count). The number of aliphatic hydroxyl groups excluding tert-OH is 2. The zero-order valence-corrected chi connectivity index (χ0v) is 26.3. The van der Waals surface area contributed by atoms with Gasteiger partial charge in [0.1, 0.15) is 41.2 Å². The van der Waals surface area contributed by atoms with Crippen LogP contribution in [0.15, 0.2) is 126 Å². The molecule has 11 heteroatoms. The predicted octanol–water partition coefficient (Wildman–Crippen LogP) is 4.14. The van der Waals surface area contributed by atoms with Crippen LogP contribution in [0.5, 0.6) is 11.5 Å². The molecule has 4 atom stereocenters. The second-order valence-electron chi connectivity index (χ2n) is 11.2. The van der Waals surface area contributed by atoms with Crippen LogP contribution in [0.4, 0.5) is 5.82 Å². The van der Waals surface area contributed by atoms with Crippen LogP contribution < -0.4 is 20.5 Å². The Hall–Kier alpha value is -5.33. The number of benzene rings is 4. The first-order valence-corrected chi connectivity index (χ1v) is 15.3. The quantitative estimate of drug-likeness (QED) is 0.180. The van der Waals surface area contributed by atoms with Crippen molar-refractivity contribution in [2.75, 3.05) is 26.1 Å². The van der Waals surface area contributed by atoms with Gasteiger partial charge in [-0.25, -0.2) is 4.79 Å². The maximum Gasteiger partial charge on any atom is 0.351 e. The molecule has 1 amide bonds. The summed E-state index contributed by atoms with van der Waals surface area (Å²) in [5.74, 6) is 0.937. The molecule has 11 nitrogen and oxygen atoms in total. The number of nitrogens with one attached hydrogen (secondary N) is 1. The minimum Gasteiger partial charge on any atom is -0.497 e. The first-order valence-electron chi connectivity index (χ1n) is 15.3. The molecule has 48 heavy (non-hydrogen) atoms. The molecule has 1 aliphatic rings. The molecule has 0 aliphatic carbocycles. The van der Waals surface area contributed by atoms with E-state index in [1.165, 1.54) is 12.3 Å². The summed E-state index contributed by atoms with van der Waals surface area (Å²) in [6.45, 7) is -0.172. The molecule has 3 N–H and O–H groups in total. The molecular formula is C37H35N3O8. The first kappa shape index (κ1) is 32.6. The minimum absolute atomic E-state index is 0.0321. The lowest BCUT2D eigenvalue weighted by atomic mass is 9.80. The van der Waals surface area contributed by atoms with Gasteiger partial charge in [0.15, 0.2) is 6.23 Å².